The van der Waals surface area contributed by atoms with Crippen molar-refractivity contribution in [3.63, 3.8) is 0 Å². The van der Waals surface area contributed by atoms with Gasteiger partial charge in [-0.1, -0.05) is 80.3 Å². The Balaban J connectivity index is 1.73. The van der Waals surface area contributed by atoms with Crippen molar-refractivity contribution in [2.75, 3.05) is 0 Å². The summed E-state index contributed by atoms with van der Waals surface area (Å²) in [5.41, 5.74) is 2.10. The Bertz CT molecular complexity index is 832. The largest absolute Gasteiger partial charge is 0.352 e. The van der Waals surface area contributed by atoms with Gasteiger partial charge in [-0.05, 0) is 48.9 Å². The summed E-state index contributed by atoms with van der Waals surface area (Å²) in [7, 11) is 0. The van der Waals surface area contributed by atoms with E-state index in [9.17, 15) is 9.59 Å². The first kappa shape index (κ1) is 23.3. The van der Waals surface area contributed by atoms with Crippen LogP contribution >= 0.6 is 11.6 Å². The Hall–Kier alpha value is -2.33. The number of carbonyl (C=O) groups is 2. The first-order chi connectivity index (χ1) is 15.1. The van der Waals surface area contributed by atoms with E-state index in [4.69, 9.17) is 11.6 Å². The molecular weight excluding hydrogens is 408 g/mol. The average Bonchev–Trinajstić information content (AvgIpc) is 2.80. The van der Waals surface area contributed by atoms with Crippen molar-refractivity contribution in [1.29, 1.82) is 0 Å². The predicted molar refractivity (Wildman–Crippen MR) is 126 cm³/mol. The van der Waals surface area contributed by atoms with Crippen molar-refractivity contribution in [3.05, 3.63) is 70.7 Å². The number of carbonyl (C=O) groups excluding carboxylic acids is 2. The summed E-state index contributed by atoms with van der Waals surface area (Å²) < 4.78 is 0. The van der Waals surface area contributed by atoms with E-state index in [1.807, 2.05) is 61.5 Å². The molecule has 3 rings (SSSR count). The maximum absolute atomic E-state index is 13.3. The second-order valence-corrected chi connectivity index (χ2v) is 8.84. The van der Waals surface area contributed by atoms with Gasteiger partial charge in [0, 0.05) is 24.0 Å². The standard InChI is InChI=1S/C26H33ClN2O2/c1-2-24(26(31)28-23-11-7-4-8-12-23)29(19-21-13-16-22(27)17-14-21)25(30)18-15-20-9-5-3-6-10-20/h3,5-6,9-10,13-14,16-17,23-24H,2,4,7-8,11-12,15,18-19H2,1H3,(H,28,31). The Morgan fingerprint density at radius 1 is 1.00 bits per heavy atom. The SMILES string of the molecule is CCC(C(=O)NC1CCCCC1)N(Cc1ccc(Cl)cc1)C(=O)CCc1ccccc1. The molecule has 1 saturated carbocycles. The zero-order valence-electron chi connectivity index (χ0n) is 18.4. The molecule has 0 radical (unpaired) electrons. The molecule has 2 amide bonds. The van der Waals surface area contributed by atoms with Crippen molar-refractivity contribution < 1.29 is 9.59 Å². The molecule has 0 heterocycles. The summed E-state index contributed by atoms with van der Waals surface area (Å²) in [6.07, 6.45) is 7.25. The Morgan fingerprint density at radius 3 is 2.32 bits per heavy atom. The van der Waals surface area contributed by atoms with Gasteiger partial charge in [0.25, 0.3) is 0 Å². The third kappa shape index (κ3) is 7.10. The molecule has 5 heteroatoms. The Labute approximate surface area is 191 Å². The van der Waals surface area contributed by atoms with Gasteiger partial charge in [-0.2, -0.15) is 0 Å². The average molecular weight is 441 g/mol. The van der Waals surface area contributed by atoms with Crippen molar-refractivity contribution in [2.45, 2.75) is 76.9 Å². The van der Waals surface area contributed by atoms with Gasteiger partial charge >= 0.3 is 0 Å². The molecule has 2 aromatic carbocycles. The highest BCUT2D eigenvalue weighted by molar-refractivity contribution is 6.30. The second-order valence-electron chi connectivity index (χ2n) is 8.40. The van der Waals surface area contributed by atoms with Crippen LogP contribution in [0.15, 0.2) is 54.6 Å². The van der Waals surface area contributed by atoms with Gasteiger partial charge in [-0.15, -0.1) is 0 Å². The van der Waals surface area contributed by atoms with Gasteiger partial charge in [0.15, 0.2) is 0 Å². The number of benzene rings is 2. The maximum atomic E-state index is 13.3. The molecule has 166 valence electrons. The Morgan fingerprint density at radius 2 is 1.68 bits per heavy atom. The van der Waals surface area contributed by atoms with E-state index in [-0.39, 0.29) is 17.9 Å². The summed E-state index contributed by atoms with van der Waals surface area (Å²) in [4.78, 5) is 28.2. The smallest absolute Gasteiger partial charge is 0.243 e. The quantitative estimate of drug-likeness (QED) is 0.557. The van der Waals surface area contributed by atoms with Crippen LogP contribution in [0.1, 0.15) is 63.0 Å². The molecule has 1 N–H and O–H groups in total. The van der Waals surface area contributed by atoms with Gasteiger partial charge in [-0.3, -0.25) is 9.59 Å². The number of amides is 2. The fourth-order valence-electron chi connectivity index (χ4n) is 4.29. The highest BCUT2D eigenvalue weighted by Gasteiger charge is 2.30. The lowest BCUT2D eigenvalue weighted by Gasteiger charge is -2.33. The van der Waals surface area contributed by atoms with Crippen molar-refractivity contribution >= 4 is 23.4 Å². The predicted octanol–water partition coefficient (Wildman–Crippen LogP) is 5.53. The van der Waals surface area contributed by atoms with Gasteiger partial charge in [0.05, 0.1) is 0 Å². The summed E-state index contributed by atoms with van der Waals surface area (Å²) in [6.45, 7) is 2.38. The summed E-state index contributed by atoms with van der Waals surface area (Å²) in [5.74, 6) is -0.0270. The first-order valence-corrected chi connectivity index (χ1v) is 11.8. The van der Waals surface area contributed by atoms with Gasteiger partial charge in [-0.25, -0.2) is 0 Å². The van der Waals surface area contributed by atoms with E-state index in [0.717, 1.165) is 36.8 Å². The molecular formula is C26H33ClN2O2. The minimum atomic E-state index is -0.471. The van der Waals surface area contributed by atoms with Crippen molar-refractivity contribution in [2.24, 2.45) is 0 Å². The second kappa shape index (κ2) is 11.9. The molecule has 31 heavy (non-hydrogen) atoms. The van der Waals surface area contributed by atoms with E-state index in [1.54, 1.807) is 4.90 Å². The molecule has 2 aromatic rings. The molecule has 0 bridgehead atoms. The van der Waals surface area contributed by atoms with Crippen LogP contribution in [0.4, 0.5) is 0 Å². The van der Waals surface area contributed by atoms with E-state index < -0.39 is 6.04 Å². The number of halogens is 1. The fraction of sp³-hybridized carbons (Fsp3) is 0.462. The third-order valence-electron chi connectivity index (χ3n) is 6.07. The number of aryl methyl sites for hydroxylation is 1. The lowest BCUT2D eigenvalue weighted by Crippen LogP contribution is -2.51. The maximum Gasteiger partial charge on any atom is 0.243 e. The molecule has 0 spiro atoms. The highest BCUT2D eigenvalue weighted by Crippen LogP contribution is 2.20. The van der Waals surface area contributed by atoms with E-state index >= 15 is 0 Å². The zero-order chi connectivity index (χ0) is 22.1. The third-order valence-corrected chi connectivity index (χ3v) is 6.33. The molecule has 1 atom stereocenters. The highest BCUT2D eigenvalue weighted by atomic mass is 35.5. The van der Waals surface area contributed by atoms with Crippen LogP contribution in [0.25, 0.3) is 0 Å². The molecule has 1 fully saturated rings. The van der Waals surface area contributed by atoms with Crippen molar-refractivity contribution in [3.8, 4) is 0 Å². The number of nitrogens with zero attached hydrogens (tertiary/aromatic N) is 1. The van der Waals surface area contributed by atoms with Crippen LogP contribution in [0.5, 0.6) is 0 Å². The monoisotopic (exact) mass is 440 g/mol. The van der Waals surface area contributed by atoms with Crippen LogP contribution in [0.3, 0.4) is 0 Å². The minimum absolute atomic E-state index is 0.00412. The van der Waals surface area contributed by atoms with Crippen LogP contribution in [-0.4, -0.2) is 28.8 Å². The number of hydrogen-bond acceptors (Lipinski definition) is 2. The minimum Gasteiger partial charge on any atom is -0.352 e. The Kier molecular flexibility index (Phi) is 8.96. The lowest BCUT2D eigenvalue weighted by molar-refractivity contribution is -0.141. The van der Waals surface area contributed by atoms with E-state index in [2.05, 4.69) is 5.32 Å². The molecule has 0 aliphatic heterocycles. The van der Waals surface area contributed by atoms with Crippen LogP contribution in [0.2, 0.25) is 5.02 Å². The van der Waals surface area contributed by atoms with Crippen LogP contribution in [-0.2, 0) is 22.6 Å². The number of rotatable bonds is 9. The lowest BCUT2D eigenvalue weighted by atomic mass is 9.95. The summed E-state index contributed by atoms with van der Waals surface area (Å²) >= 11 is 6.03. The zero-order valence-corrected chi connectivity index (χ0v) is 19.1. The summed E-state index contributed by atoms with van der Waals surface area (Å²) in [5, 5.41) is 3.88. The molecule has 1 unspecified atom stereocenters. The molecule has 0 saturated heterocycles. The first-order valence-electron chi connectivity index (χ1n) is 11.4. The number of nitrogens with one attached hydrogen (secondary N) is 1. The summed E-state index contributed by atoms with van der Waals surface area (Å²) in [6, 6.07) is 17.3. The van der Waals surface area contributed by atoms with Gasteiger partial charge < -0.3 is 10.2 Å². The molecule has 1 aliphatic carbocycles. The molecule has 1 aliphatic rings. The van der Waals surface area contributed by atoms with Gasteiger partial charge in [0.1, 0.15) is 6.04 Å². The normalized spacial score (nSPS) is 15.3. The van der Waals surface area contributed by atoms with E-state index in [0.29, 0.717) is 30.8 Å². The molecule has 0 aromatic heterocycles. The topological polar surface area (TPSA) is 49.4 Å². The number of hydrogen-bond donors (Lipinski definition) is 1. The van der Waals surface area contributed by atoms with Gasteiger partial charge in [0.2, 0.25) is 11.8 Å². The fourth-order valence-corrected chi connectivity index (χ4v) is 4.42. The van der Waals surface area contributed by atoms with E-state index in [1.165, 1.54) is 6.42 Å². The molecule has 4 nitrogen and oxygen atoms in total. The van der Waals surface area contributed by atoms with Crippen LogP contribution in [0, 0.1) is 0 Å². The van der Waals surface area contributed by atoms with Crippen molar-refractivity contribution in [1.82, 2.24) is 10.2 Å². The van der Waals surface area contributed by atoms with Crippen LogP contribution < -0.4 is 5.32 Å².